The highest BCUT2D eigenvalue weighted by atomic mass is 35.5. The van der Waals surface area contributed by atoms with Crippen molar-refractivity contribution < 1.29 is 0 Å². The van der Waals surface area contributed by atoms with Gasteiger partial charge in [0.1, 0.15) is 0 Å². The van der Waals surface area contributed by atoms with E-state index >= 15 is 0 Å². The van der Waals surface area contributed by atoms with Crippen molar-refractivity contribution in [2.45, 2.75) is 77.6 Å². The summed E-state index contributed by atoms with van der Waals surface area (Å²) in [4.78, 5) is 0. The number of halogens is 1. The predicted molar refractivity (Wildman–Crippen MR) is 87.1 cm³/mol. The van der Waals surface area contributed by atoms with Gasteiger partial charge in [0.2, 0.25) is 0 Å². The largest absolute Gasteiger partial charge is 0.0843 e. The van der Waals surface area contributed by atoms with E-state index in [0.717, 1.165) is 10.9 Å². The molecule has 108 valence electrons. The number of unbranched alkanes of at least 4 members (excludes halogenated alkanes) is 5. The zero-order chi connectivity index (χ0) is 13.9. The Kier molecular flexibility index (Phi) is 8.99. The fraction of sp³-hybridized carbons (Fsp3) is 0.667. The van der Waals surface area contributed by atoms with Crippen LogP contribution in [0.2, 0.25) is 5.02 Å². The molecule has 0 saturated heterocycles. The summed E-state index contributed by atoms with van der Waals surface area (Å²) in [5.41, 5.74) is 1.48. The van der Waals surface area contributed by atoms with Crippen LogP contribution in [-0.2, 0) is 0 Å². The molecule has 0 nitrogen and oxygen atoms in total. The van der Waals surface area contributed by atoms with Crippen molar-refractivity contribution in [3.05, 3.63) is 34.9 Å². The molecule has 0 saturated carbocycles. The van der Waals surface area contributed by atoms with Crippen LogP contribution in [0.15, 0.2) is 24.3 Å². The predicted octanol–water partition coefficient (Wildman–Crippen LogP) is 6.97. The first-order valence-electron chi connectivity index (χ1n) is 8.03. The highest BCUT2D eigenvalue weighted by Crippen LogP contribution is 2.29. The molecular weight excluding hydrogens is 252 g/mol. The van der Waals surface area contributed by atoms with Crippen LogP contribution in [0.3, 0.4) is 0 Å². The maximum Gasteiger partial charge on any atom is 0.0406 e. The third-order valence-corrected chi connectivity index (χ3v) is 4.16. The number of hydrogen-bond acceptors (Lipinski definition) is 0. The molecule has 0 amide bonds. The maximum atomic E-state index is 5.98. The molecule has 1 aromatic carbocycles. The molecule has 0 aliphatic heterocycles. The summed E-state index contributed by atoms with van der Waals surface area (Å²) >= 11 is 5.98. The summed E-state index contributed by atoms with van der Waals surface area (Å²) in [7, 11) is 0. The van der Waals surface area contributed by atoms with Gasteiger partial charge < -0.3 is 0 Å². The Morgan fingerprint density at radius 3 is 2.00 bits per heavy atom. The van der Waals surface area contributed by atoms with E-state index in [-0.39, 0.29) is 0 Å². The molecule has 0 spiro atoms. The monoisotopic (exact) mass is 280 g/mol. The lowest BCUT2D eigenvalue weighted by Crippen LogP contribution is -1.99. The van der Waals surface area contributed by atoms with E-state index in [4.69, 9.17) is 11.6 Å². The summed E-state index contributed by atoms with van der Waals surface area (Å²) in [6.07, 6.45) is 12.2. The SMILES string of the molecule is CCCCCCCC(CCCC)c1ccc(Cl)cc1. The number of hydrogen-bond donors (Lipinski definition) is 0. The quantitative estimate of drug-likeness (QED) is 0.406. The molecule has 0 radical (unpaired) electrons. The van der Waals surface area contributed by atoms with Crippen LogP contribution in [0.5, 0.6) is 0 Å². The van der Waals surface area contributed by atoms with E-state index in [1.165, 1.54) is 63.4 Å². The Morgan fingerprint density at radius 2 is 1.37 bits per heavy atom. The van der Waals surface area contributed by atoms with Gasteiger partial charge in [-0.15, -0.1) is 0 Å². The first kappa shape index (κ1) is 16.6. The molecule has 0 N–H and O–H groups in total. The normalized spacial score (nSPS) is 12.6. The molecule has 1 aromatic rings. The van der Waals surface area contributed by atoms with Crippen LogP contribution in [-0.4, -0.2) is 0 Å². The summed E-state index contributed by atoms with van der Waals surface area (Å²) < 4.78 is 0. The van der Waals surface area contributed by atoms with Gasteiger partial charge in [0, 0.05) is 5.02 Å². The molecule has 1 unspecified atom stereocenters. The van der Waals surface area contributed by atoms with E-state index in [9.17, 15) is 0 Å². The second-order valence-corrected chi connectivity index (χ2v) is 6.03. The van der Waals surface area contributed by atoms with Crippen LogP contribution in [0.25, 0.3) is 0 Å². The summed E-state index contributed by atoms with van der Waals surface area (Å²) in [6, 6.07) is 8.50. The van der Waals surface area contributed by atoms with Gasteiger partial charge in [0.15, 0.2) is 0 Å². The van der Waals surface area contributed by atoms with Crippen molar-refractivity contribution in [3.63, 3.8) is 0 Å². The van der Waals surface area contributed by atoms with Gasteiger partial charge in [-0.05, 0) is 36.5 Å². The van der Waals surface area contributed by atoms with Gasteiger partial charge in [-0.2, -0.15) is 0 Å². The molecule has 0 aliphatic rings. The Balaban J connectivity index is 2.44. The van der Waals surface area contributed by atoms with Crippen molar-refractivity contribution in [3.8, 4) is 0 Å². The molecule has 0 fully saturated rings. The minimum Gasteiger partial charge on any atom is -0.0843 e. The van der Waals surface area contributed by atoms with Gasteiger partial charge in [0.25, 0.3) is 0 Å². The van der Waals surface area contributed by atoms with Crippen molar-refractivity contribution in [2.75, 3.05) is 0 Å². The van der Waals surface area contributed by atoms with Gasteiger partial charge >= 0.3 is 0 Å². The smallest absolute Gasteiger partial charge is 0.0406 e. The van der Waals surface area contributed by atoms with E-state index in [2.05, 4.69) is 26.0 Å². The molecular formula is C18H29Cl. The van der Waals surface area contributed by atoms with Gasteiger partial charge in [-0.25, -0.2) is 0 Å². The fourth-order valence-electron chi connectivity index (χ4n) is 2.66. The average molecular weight is 281 g/mol. The highest BCUT2D eigenvalue weighted by Gasteiger charge is 2.10. The first-order valence-corrected chi connectivity index (χ1v) is 8.41. The van der Waals surface area contributed by atoms with Crippen LogP contribution in [0, 0.1) is 0 Å². The molecule has 0 bridgehead atoms. The molecule has 0 aliphatic carbocycles. The third kappa shape index (κ3) is 7.01. The van der Waals surface area contributed by atoms with Crippen LogP contribution in [0.4, 0.5) is 0 Å². The van der Waals surface area contributed by atoms with E-state index in [0.29, 0.717) is 0 Å². The van der Waals surface area contributed by atoms with Gasteiger partial charge in [-0.1, -0.05) is 82.5 Å². The lowest BCUT2D eigenvalue weighted by atomic mass is 9.88. The van der Waals surface area contributed by atoms with E-state index in [1.807, 2.05) is 12.1 Å². The lowest BCUT2D eigenvalue weighted by Gasteiger charge is -2.17. The van der Waals surface area contributed by atoms with E-state index in [1.54, 1.807) is 0 Å². The topological polar surface area (TPSA) is 0 Å². The lowest BCUT2D eigenvalue weighted by molar-refractivity contribution is 0.504. The number of rotatable bonds is 10. The minimum absolute atomic E-state index is 0.735. The van der Waals surface area contributed by atoms with Gasteiger partial charge in [-0.3, -0.25) is 0 Å². The van der Waals surface area contributed by atoms with Crippen molar-refractivity contribution in [1.82, 2.24) is 0 Å². The zero-order valence-electron chi connectivity index (χ0n) is 12.6. The molecule has 1 rings (SSSR count). The standard InChI is InChI=1S/C18H29Cl/c1-3-5-7-8-9-11-16(10-6-4-2)17-12-14-18(19)15-13-17/h12-16H,3-11H2,1-2H3. The maximum absolute atomic E-state index is 5.98. The average Bonchev–Trinajstić information content (AvgIpc) is 2.43. The summed E-state index contributed by atoms with van der Waals surface area (Å²) in [5, 5.41) is 0.848. The van der Waals surface area contributed by atoms with E-state index < -0.39 is 0 Å². The third-order valence-electron chi connectivity index (χ3n) is 3.90. The van der Waals surface area contributed by atoms with Crippen molar-refractivity contribution >= 4 is 11.6 Å². The molecule has 0 heterocycles. The van der Waals surface area contributed by atoms with Crippen LogP contribution >= 0.6 is 11.6 Å². The van der Waals surface area contributed by atoms with Gasteiger partial charge in [0.05, 0.1) is 0 Å². The minimum atomic E-state index is 0.735. The molecule has 1 heteroatoms. The summed E-state index contributed by atoms with van der Waals surface area (Å²) in [6.45, 7) is 4.55. The van der Waals surface area contributed by atoms with Crippen LogP contribution in [0.1, 0.15) is 83.1 Å². The highest BCUT2D eigenvalue weighted by molar-refractivity contribution is 6.30. The second-order valence-electron chi connectivity index (χ2n) is 5.59. The first-order chi connectivity index (χ1) is 9.27. The Bertz CT molecular complexity index is 315. The van der Waals surface area contributed by atoms with Crippen molar-refractivity contribution in [1.29, 1.82) is 0 Å². The molecule has 19 heavy (non-hydrogen) atoms. The Morgan fingerprint density at radius 1 is 0.789 bits per heavy atom. The fourth-order valence-corrected chi connectivity index (χ4v) is 2.78. The Hall–Kier alpha value is -0.490. The second kappa shape index (κ2) is 10.3. The molecule has 1 atom stereocenters. The van der Waals surface area contributed by atoms with Crippen LogP contribution < -0.4 is 0 Å². The summed E-state index contributed by atoms with van der Waals surface area (Å²) in [5.74, 6) is 0.735. The zero-order valence-corrected chi connectivity index (χ0v) is 13.4. The number of benzene rings is 1. The Labute approximate surface area is 124 Å². The van der Waals surface area contributed by atoms with Crippen molar-refractivity contribution in [2.24, 2.45) is 0 Å². The molecule has 0 aromatic heterocycles.